The first kappa shape index (κ1) is 14.2. The molecule has 0 aliphatic rings. The normalized spacial score (nSPS) is 10.3. The van der Waals surface area contributed by atoms with Crippen LogP contribution in [0.1, 0.15) is 5.56 Å². The molecule has 20 heavy (non-hydrogen) atoms. The summed E-state index contributed by atoms with van der Waals surface area (Å²) in [4.78, 5) is 10.3. The van der Waals surface area contributed by atoms with Crippen LogP contribution >= 0.6 is 11.6 Å². The van der Waals surface area contributed by atoms with Crippen LogP contribution in [-0.4, -0.2) is 4.92 Å². The van der Waals surface area contributed by atoms with Crippen LogP contribution in [0.5, 0.6) is 11.5 Å². The Bertz CT molecular complexity index is 664. The van der Waals surface area contributed by atoms with Crippen molar-refractivity contribution in [2.24, 2.45) is 5.73 Å². The number of nitro groups is 1. The van der Waals surface area contributed by atoms with Gasteiger partial charge in [0.2, 0.25) is 5.75 Å². The van der Waals surface area contributed by atoms with Gasteiger partial charge in [0.1, 0.15) is 11.6 Å². The van der Waals surface area contributed by atoms with E-state index in [0.29, 0.717) is 5.56 Å². The second kappa shape index (κ2) is 5.85. The van der Waals surface area contributed by atoms with E-state index in [2.05, 4.69) is 0 Å². The largest absolute Gasteiger partial charge is 0.450 e. The summed E-state index contributed by atoms with van der Waals surface area (Å²) in [6, 6.07) is 7.79. The number of hydrogen-bond acceptors (Lipinski definition) is 4. The van der Waals surface area contributed by atoms with Crippen molar-refractivity contribution < 1.29 is 14.1 Å². The highest BCUT2D eigenvalue weighted by atomic mass is 35.5. The number of nitro benzene ring substituents is 1. The standard InChI is InChI=1S/C13H10ClFN2O3/c14-9-1-2-12(17(18)19)13(5-9)20-11-4-8(7-16)3-10(15)6-11/h1-6H,7,16H2. The fourth-order valence-corrected chi connectivity index (χ4v) is 1.81. The second-order valence-corrected chi connectivity index (χ2v) is 4.41. The van der Waals surface area contributed by atoms with Crippen LogP contribution in [-0.2, 0) is 6.54 Å². The zero-order valence-corrected chi connectivity index (χ0v) is 10.9. The van der Waals surface area contributed by atoms with Crippen molar-refractivity contribution in [1.82, 2.24) is 0 Å². The molecule has 104 valence electrons. The van der Waals surface area contributed by atoms with Gasteiger partial charge in [0.15, 0.2) is 0 Å². The first-order chi connectivity index (χ1) is 9.49. The predicted molar refractivity (Wildman–Crippen MR) is 72.5 cm³/mol. The molecule has 0 fully saturated rings. The van der Waals surface area contributed by atoms with Crippen molar-refractivity contribution in [3.8, 4) is 11.5 Å². The highest BCUT2D eigenvalue weighted by Gasteiger charge is 2.16. The fraction of sp³-hybridized carbons (Fsp3) is 0.0769. The molecule has 2 aromatic carbocycles. The highest BCUT2D eigenvalue weighted by molar-refractivity contribution is 6.30. The van der Waals surface area contributed by atoms with Crippen LogP contribution in [0, 0.1) is 15.9 Å². The zero-order chi connectivity index (χ0) is 14.7. The zero-order valence-electron chi connectivity index (χ0n) is 10.2. The van der Waals surface area contributed by atoms with Gasteiger partial charge in [-0.15, -0.1) is 0 Å². The minimum atomic E-state index is -0.602. The topological polar surface area (TPSA) is 78.4 Å². The summed E-state index contributed by atoms with van der Waals surface area (Å²) in [5, 5.41) is 11.2. The van der Waals surface area contributed by atoms with Gasteiger partial charge in [-0.3, -0.25) is 10.1 Å². The number of halogens is 2. The molecule has 0 saturated carbocycles. The molecular formula is C13H10ClFN2O3. The molecule has 0 radical (unpaired) electrons. The summed E-state index contributed by atoms with van der Waals surface area (Å²) in [6.45, 7) is 0.131. The van der Waals surface area contributed by atoms with E-state index in [4.69, 9.17) is 22.1 Å². The molecule has 0 bridgehead atoms. The van der Waals surface area contributed by atoms with E-state index in [0.717, 1.165) is 6.07 Å². The van der Waals surface area contributed by atoms with E-state index in [9.17, 15) is 14.5 Å². The second-order valence-electron chi connectivity index (χ2n) is 3.97. The van der Waals surface area contributed by atoms with Crippen molar-refractivity contribution in [2.45, 2.75) is 6.54 Å². The minimum absolute atomic E-state index is 0.0592. The van der Waals surface area contributed by atoms with Crippen molar-refractivity contribution in [3.63, 3.8) is 0 Å². The smallest absolute Gasteiger partial charge is 0.311 e. The molecule has 0 aliphatic carbocycles. The Hall–Kier alpha value is -2.18. The summed E-state index contributed by atoms with van der Waals surface area (Å²) in [5.74, 6) is -0.473. The van der Waals surface area contributed by atoms with E-state index in [-0.39, 0.29) is 28.8 Å². The summed E-state index contributed by atoms with van der Waals surface area (Å²) in [5.41, 5.74) is 5.69. The number of hydrogen-bond donors (Lipinski definition) is 1. The van der Waals surface area contributed by atoms with E-state index in [1.807, 2.05) is 0 Å². The van der Waals surface area contributed by atoms with Crippen molar-refractivity contribution >= 4 is 17.3 Å². The summed E-state index contributed by atoms with van der Waals surface area (Å²) in [7, 11) is 0. The number of nitrogens with zero attached hydrogens (tertiary/aromatic N) is 1. The molecule has 0 atom stereocenters. The first-order valence-corrected chi connectivity index (χ1v) is 5.98. The molecule has 5 nitrogen and oxygen atoms in total. The van der Waals surface area contributed by atoms with Crippen LogP contribution in [0.4, 0.5) is 10.1 Å². The van der Waals surface area contributed by atoms with Crippen LogP contribution in [0.25, 0.3) is 0 Å². The predicted octanol–water partition coefficient (Wildman–Crippen LogP) is 3.64. The van der Waals surface area contributed by atoms with Gasteiger partial charge < -0.3 is 10.5 Å². The van der Waals surface area contributed by atoms with Gasteiger partial charge >= 0.3 is 5.69 Å². The Balaban J connectivity index is 2.41. The SMILES string of the molecule is NCc1cc(F)cc(Oc2cc(Cl)ccc2[N+](=O)[O-])c1. The average Bonchev–Trinajstić information content (AvgIpc) is 2.37. The third kappa shape index (κ3) is 3.23. The molecule has 2 aromatic rings. The number of rotatable bonds is 4. The van der Waals surface area contributed by atoms with Gasteiger partial charge in [0.05, 0.1) is 4.92 Å². The Labute approximate surface area is 118 Å². The van der Waals surface area contributed by atoms with Crippen LogP contribution in [0.2, 0.25) is 5.02 Å². The molecular weight excluding hydrogens is 287 g/mol. The lowest BCUT2D eigenvalue weighted by atomic mass is 10.2. The molecule has 0 saturated heterocycles. The lowest BCUT2D eigenvalue weighted by Crippen LogP contribution is -1.98. The third-order valence-corrected chi connectivity index (χ3v) is 2.75. The summed E-state index contributed by atoms with van der Waals surface area (Å²) >= 11 is 5.78. The highest BCUT2D eigenvalue weighted by Crippen LogP contribution is 2.34. The molecule has 0 heterocycles. The van der Waals surface area contributed by atoms with Crippen molar-refractivity contribution in [2.75, 3.05) is 0 Å². The molecule has 0 aliphatic heterocycles. The maximum absolute atomic E-state index is 13.4. The maximum Gasteiger partial charge on any atom is 0.311 e. The lowest BCUT2D eigenvalue weighted by Gasteiger charge is -2.08. The van der Waals surface area contributed by atoms with E-state index in [1.54, 1.807) is 0 Å². The van der Waals surface area contributed by atoms with Crippen LogP contribution in [0.15, 0.2) is 36.4 Å². The number of ether oxygens (including phenoxy) is 1. The van der Waals surface area contributed by atoms with Gasteiger partial charge in [-0.1, -0.05) is 11.6 Å². The Morgan fingerprint density at radius 1 is 1.30 bits per heavy atom. The third-order valence-electron chi connectivity index (χ3n) is 2.51. The average molecular weight is 297 g/mol. The first-order valence-electron chi connectivity index (χ1n) is 5.61. The molecule has 0 spiro atoms. The number of benzene rings is 2. The monoisotopic (exact) mass is 296 g/mol. The number of nitrogens with two attached hydrogens (primary N) is 1. The maximum atomic E-state index is 13.4. The van der Waals surface area contributed by atoms with Crippen molar-refractivity contribution in [3.05, 3.63) is 62.9 Å². The molecule has 0 amide bonds. The molecule has 0 unspecified atom stereocenters. The van der Waals surface area contributed by atoms with Gasteiger partial charge in [0.25, 0.3) is 0 Å². The van der Waals surface area contributed by atoms with Gasteiger partial charge in [-0.05, 0) is 23.8 Å². The van der Waals surface area contributed by atoms with E-state index >= 15 is 0 Å². The molecule has 7 heteroatoms. The summed E-state index contributed by atoms with van der Waals surface area (Å²) < 4.78 is 18.7. The Kier molecular flexibility index (Phi) is 4.16. The van der Waals surface area contributed by atoms with E-state index in [1.165, 1.54) is 30.3 Å². The van der Waals surface area contributed by atoms with Gasteiger partial charge in [-0.25, -0.2) is 4.39 Å². The Morgan fingerprint density at radius 2 is 2.05 bits per heavy atom. The molecule has 0 aromatic heterocycles. The van der Waals surface area contributed by atoms with Gasteiger partial charge in [0, 0.05) is 29.8 Å². The molecule has 2 N–H and O–H groups in total. The minimum Gasteiger partial charge on any atom is -0.450 e. The van der Waals surface area contributed by atoms with Gasteiger partial charge in [-0.2, -0.15) is 0 Å². The molecule has 2 rings (SSSR count). The van der Waals surface area contributed by atoms with Crippen LogP contribution < -0.4 is 10.5 Å². The van der Waals surface area contributed by atoms with Crippen LogP contribution in [0.3, 0.4) is 0 Å². The summed E-state index contributed by atoms with van der Waals surface area (Å²) in [6.07, 6.45) is 0. The Morgan fingerprint density at radius 3 is 2.70 bits per heavy atom. The lowest BCUT2D eigenvalue weighted by molar-refractivity contribution is -0.385. The fourth-order valence-electron chi connectivity index (χ4n) is 1.65. The van der Waals surface area contributed by atoms with Crippen molar-refractivity contribution in [1.29, 1.82) is 0 Å². The van der Waals surface area contributed by atoms with E-state index < -0.39 is 10.7 Å². The quantitative estimate of drug-likeness (QED) is 0.690.